The zero-order chi connectivity index (χ0) is 18.8. The molecule has 1 atom stereocenters. The molecule has 7 nitrogen and oxygen atoms in total. The number of carbonyl (C=O) groups excluding carboxylic acids is 1. The number of ether oxygens (including phenoxy) is 1. The number of aryl methyl sites for hydroxylation is 2. The summed E-state index contributed by atoms with van der Waals surface area (Å²) in [5.41, 5.74) is 2.54. The van der Waals surface area contributed by atoms with Crippen LogP contribution in [0.4, 0.5) is 4.79 Å². The Labute approximate surface area is 149 Å². The van der Waals surface area contributed by atoms with E-state index >= 15 is 0 Å². The molecular formula is C18H29N5O2. The van der Waals surface area contributed by atoms with Crippen LogP contribution in [0.25, 0.3) is 5.78 Å². The predicted molar refractivity (Wildman–Crippen MR) is 97.6 cm³/mol. The second-order valence-corrected chi connectivity index (χ2v) is 7.59. The third kappa shape index (κ3) is 5.42. The first-order valence-corrected chi connectivity index (χ1v) is 8.54. The highest BCUT2D eigenvalue weighted by molar-refractivity contribution is 5.67. The molecule has 1 N–H and O–H groups in total. The third-order valence-electron chi connectivity index (χ3n) is 3.92. The Balaban J connectivity index is 1.94. The Morgan fingerprint density at radius 2 is 2.04 bits per heavy atom. The highest BCUT2D eigenvalue weighted by Crippen LogP contribution is 2.11. The topological polar surface area (TPSA) is 71.8 Å². The van der Waals surface area contributed by atoms with Crippen molar-refractivity contribution < 1.29 is 9.53 Å². The smallest absolute Gasteiger partial charge is 0.407 e. The Hall–Kier alpha value is -2.15. The molecule has 0 aliphatic heterocycles. The van der Waals surface area contributed by atoms with Crippen molar-refractivity contribution in [3.05, 3.63) is 29.3 Å². The molecule has 2 heterocycles. The number of likely N-dealkylation sites (N-methyl/N-ethyl adjacent to an activating group) is 1. The fourth-order valence-corrected chi connectivity index (χ4v) is 2.51. The lowest BCUT2D eigenvalue weighted by Gasteiger charge is -2.25. The lowest BCUT2D eigenvalue weighted by molar-refractivity contribution is 0.0512. The Morgan fingerprint density at radius 1 is 1.36 bits per heavy atom. The second kappa shape index (κ2) is 7.39. The SMILES string of the molecule is Cc1cc(C)n2cc(CN(C)C(C)CNC(=O)OC(C)(C)C)nc2n1. The van der Waals surface area contributed by atoms with E-state index in [1.54, 1.807) is 0 Å². The molecule has 0 aliphatic carbocycles. The number of aromatic nitrogens is 3. The third-order valence-corrected chi connectivity index (χ3v) is 3.92. The molecule has 0 saturated heterocycles. The number of fused-ring (bicyclic) bond motifs is 1. The summed E-state index contributed by atoms with van der Waals surface area (Å²) in [7, 11) is 2.01. The fourth-order valence-electron chi connectivity index (χ4n) is 2.51. The maximum atomic E-state index is 11.8. The van der Waals surface area contributed by atoms with E-state index in [-0.39, 0.29) is 6.04 Å². The minimum absolute atomic E-state index is 0.146. The molecule has 7 heteroatoms. The monoisotopic (exact) mass is 347 g/mol. The minimum atomic E-state index is -0.487. The average molecular weight is 347 g/mol. The zero-order valence-electron chi connectivity index (χ0n) is 16.3. The number of imidazole rings is 1. The first-order chi connectivity index (χ1) is 11.5. The van der Waals surface area contributed by atoms with Gasteiger partial charge in [0.25, 0.3) is 0 Å². The van der Waals surface area contributed by atoms with Crippen LogP contribution >= 0.6 is 0 Å². The van der Waals surface area contributed by atoms with Crippen LogP contribution in [-0.2, 0) is 11.3 Å². The van der Waals surface area contributed by atoms with Crippen molar-refractivity contribution in [2.75, 3.05) is 13.6 Å². The molecule has 0 spiro atoms. The maximum absolute atomic E-state index is 11.8. The fraction of sp³-hybridized carbons (Fsp3) is 0.611. The van der Waals surface area contributed by atoms with E-state index in [1.165, 1.54) is 0 Å². The molecule has 0 aromatic carbocycles. The molecule has 2 rings (SSSR count). The number of carbonyl (C=O) groups is 1. The van der Waals surface area contributed by atoms with E-state index in [0.717, 1.165) is 22.9 Å². The summed E-state index contributed by atoms with van der Waals surface area (Å²) >= 11 is 0. The Bertz CT molecular complexity index is 748. The van der Waals surface area contributed by atoms with Gasteiger partial charge in [0.1, 0.15) is 5.60 Å². The van der Waals surface area contributed by atoms with Gasteiger partial charge in [0, 0.05) is 36.7 Å². The molecule has 0 aliphatic rings. The van der Waals surface area contributed by atoms with Gasteiger partial charge in [-0.15, -0.1) is 0 Å². The van der Waals surface area contributed by atoms with Gasteiger partial charge in [-0.3, -0.25) is 9.30 Å². The summed E-state index contributed by atoms with van der Waals surface area (Å²) in [5, 5.41) is 2.81. The van der Waals surface area contributed by atoms with E-state index in [9.17, 15) is 4.79 Å². The van der Waals surface area contributed by atoms with Gasteiger partial charge in [-0.2, -0.15) is 0 Å². The number of nitrogens with zero attached hydrogens (tertiary/aromatic N) is 4. The van der Waals surface area contributed by atoms with Crippen LogP contribution in [0, 0.1) is 13.8 Å². The number of hydrogen-bond acceptors (Lipinski definition) is 5. The summed E-state index contributed by atoms with van der Waals surface area (Å²) < 4.78 is 7.26. The molecule has 2 aromatic heterocycles. The van der Waals surface area contributed by atoms with Gasteiger partial charge in [-0.1, -0.05) is 0 Å². The normalized spacial score (nSPS) is 13.3. The number of rotatable bonds is 5. The van der Waals surface area contributed by atoms with E-state index in [2.05, 4.69) is 27.1 Å². The average Bonchev–Trinajstić information content (AvgIpc) is 2.85. The predicted octanol–water partition coefficient (Wildman–Crippen LogP) is 2.69. The van der Waals surface area contributed by atoms with Crippen LogP contribution in [0.1, 0.15) is 44.8 Å². The van der Waals surface area contributed by atoms with Crippen LogP contribution in [0.15, 0.2) is 12.3 Å². The molecule has 0 bridgehead atoms. The van der Waals surface area contributed by atoms with E-state index in [0.29, 0.717) is 13.1 Å². The van der Waals surface area contributed by atoms with Crippen LogP contribution in [-0.4, -0.2) is 50.6 Å². The highest BCUT2D eigenvalue weighted by atomic mass is 16.6. The van der Waals surface area contributed by atoms with Gasteiger partial charge >= 0.3 is 6.09 Å². The van der Waals surface area contributed by atoms with Crippen LogP contribution in [0.5, 0.6) is 0 Å². The molecule has 1 amide bonds. The van der Waals surface area contributed by atoms with E-state index in [1.807, 2.05) is 58.3 Å². The first-order valence-electron chi connectivity index (χ1n) is 8.54. The number of amides is 1. The Morgan fingerprint density at radius 3 is 2.68 bits per heavy atom. The van der Waals surface area contributed by atoms with Crippen molar-refractivity contribution in [2.45, 2.75) is 59.7 Å². The standard InChI is InChI=1S/C18H29N5O2/c1-12-8-13(2)23-11-15(21-16(23)20-12)10-22(7)14(3)9-19-17(24)25-18(4,5)6/h8,11,14H,9-10H2,1-7H3,(H,19,24). The van der Waals surface area contributed by atoms with Gasteiger partial charge in [-0.25, -0.2) is 14.8 Å². The van der Waals surface area contributed by atoms with Crippen molar-refractivity contribution in [1.82, 2.24) is 24.6 Å². The van der Waals surface area contributed by atoms with Crippen LogP contribution < -0.4 is 5.32 Å². The minimum Gasteiger partial charge on any atom is -0.444 e. The lowest BCUT2D eigenvalue weighted by Crippen LogP contribution is -2.41. The molecule has 0 saturated carbocycles. The first kappa shape index (κ1) is 19.2. The van der Waals surface area contributed by atoms with Crippen molar-refractivity contribution in [2.24, 2.45) is 0 Å². The van der Waals surface area contributed by atoms with E-state index < -0.39 is 11.7 Å². The second-order valence-electron chi connectivity index (χ2n) is 7.59. The Kier molecular flexibility index (Phi) is 5.67. The van der Waals surface area contributed by atoms with Crippen molar-refractivity contribution in [3.63, 3.8) is 0 Å². The maximum Gasteiger partial charge on any atom is 0.407 e. The molecule has 0 radical (unpaired) electrons. The molecule has 2 aromatic rings. The van der Waals surface area contributed by atoms with Crippen LogP contribution in [0.2, 0.25) is 0 Å². The quantitative estimate of drug-likeness (QED) is 0.900. The van der Waals surface area contributed by atoms with E-state index in [4.69, 9.17) is 4.74 Å². The summed E-state index contributed by atoms with van der Waals surface area (Å²) in [5.74, 6) is 0.723. The van der Waals surface area contributed by atoms with Gasteiger partial charge < -0.3 is 10.1 Å². The zero-order valence-corrected chi connectivity index (χ0v) is 16.3. The summed E-state index contributed by atoms with van der Waals surface area (Å²) in [6, 6.07) is 2.18. The molecule has 138 valence electrons. The van der Waals surface area contributed by atoms with Crippen molar-refractivity contribution >= 4 is 11.9 Å². The molecule has 1 unspecified atom stereocenters. The molecule has 25 heavy (non-hydrogen) atoms. The van der Waals surface area contributed by atoms with Gasteiger partial charge in [0.05, 0.1) is 5.69 Å². The number of alkyl carbamates (subject to hydrolysis) is 1. The summed E-state index contributed by atoms with van der Waals surface area (Å²) in [6.45, 7) is 12.8. The number of nitrogens with one attached hydrogen (secondary N) is 1. The molecule has 0 fully saturated rings. The number of hydrogen-bond donors (Lipinski definition) is 1. The lowest BCUT2D eigenvalue weighted by atomic mass is 10.2. The summed E-state index contributed by atoms with van der Waals surface area (Å²) in [4.78, 5) is 23.0. The van der Waals surface area contributed by atoms with Gasteiger partial charge in [-0.05, 0) is 54.7 Å². The highest BCUT2D eigenvalue weighted by Gasteiger charge is 2.18. The summed E-state index contributed by atoms with van der Waals surface area (Å²) in [6.07, 6.45) is 1.62. The van der Waals surface area contributed by atoms with Gasteiger partial charge in [0.2, 0.25) is 5.78 Å². The molecular weight excluding hydrogens is 318 g/mol. The van der Waals surface area contributed by atoms with Crippen molar-refractivity contribution in [3.8, 4) is 0 Å². The van der Waals surface area contributed by atoms with Crippen molar-refractivity contribution in [1.29, 1.82) is 0 Å². The van der Waals surface area contributed by atoms with Gasteiger partial charge in [0.15, 0.2) is 0 Å². The van der Waals surface area contributed by atoms with Crippen LogP contribution in [0.3, 0.4) is 0 Å². The largest absolute Gasteiger partial charge is 0.444 e.